The summed E-state index contributed by atoms with van der Waals surface area (Å²) < 4.78 is 0. The highest BCUT2D eigenvalue weighted by Crippen LogP contribution is 2.16. The number of aromatic nitrogens is 1. The van der Waals surface area contributed by atoms with E-state index in [1.54, 1.807) is 12.3 Å². The number of anilines is 1. The van der Waals surface area contributed by atoms with E-state index in [0.29, 0.717) is 5.82 Å². The molecule has 1 aromatic carbocycles. The second-order valence-corrected chi connectivity index (χ2v) is 3.63. The summed E-state index contributed by atoms with van der Waals surface area (Å²) in [5, 5.41) is 12.5. The molecule has 0 aliphatic heterocycles. The van der Waals surface area contributed by atoms with Gasteiger partial charge in [0, 0.05) is 17.1 Å². The number of benzene rings is 1. The number of nitrogens with one attached hydrogen (secondary N) is 1. The standard InChI is InChI=1S/C13H11N3O2/c14-12-7-11-6-9(2-1-5-15-13(17)18)3-4-10(11)8-16-12/h3-4,6-8,15H,5H2,(H2,14,16)(H,17,18). The van der Waals surface area contributed by atoms with Gasteiger partial charge in [0.2, 0.25) is 0 Å². The van der Waals surface area contributed by atoms with Gasteiger partial charge in [-0.1, -0.05) is 17.9 Å². The summed E-state index contributed by atoms with van der Waals surface area (Å²) in [5.74, 6) is 6.06. The Morgan fingerprint density at radius 3 is 3.00 bits per heavy atom. The number of carbonyl (C=O) groups is 1. The van der Waals surface area contributed by atoms with Crippen molar-refractivity contribution < 1.29 is 9.90 Å². The average Bonchev–Trinajstić information content (AvgIpc) is 2.34. The molecule has 5 heteroatoms. The molecule has 2 rings (SSSR count). The van der Waals surface area contributed by atoms with Crippen molar-refractivity contribution in [3.05, 3.63) is 36.0 Å². The van der Waals surface area contributed by atoms with Crippen molar-refractivity contribution in [3.8, 4) is 11.8 Å². The first kappa shape index (κ1) is 11.7. The number of nitrogens with two attached hydrogens (primary N) is 1. The molecule has 0 saturated carbocycles. The van der Waals surface area contributed by atoms with E-state index in [9.17, 15) is 4.79 Å². The molecule has 4 N–H and O–H groups in total. The highest BCUT2D eigenvalue weighted by molar-refractivity contribution is 5.84. The minimum Gasteiger partial charge on any atom is -0.465 e. The number of carboxylic acid groups (broad SMARTS) is 1. The van der Waals surface area contributed by atoms with Crippen LogP contribution < -0.4 is 11.1 Å². The van der Waals surface area contributed by atoms with Crippen molar-refractivity contribution in [2.45, 2.75) is 0 Å². The number of nitrogens with zero attached hydrogens (tertiary/aromatic N) is 1. The number of amides is 1. The van der Waals surface area contributed by atoms with Crippen LogP contribution in [-0.4, -0.2) is 22.7 Å². The van der Waals surface area contributed by atoms with E-state index in [4.69, 9.17) is 10.8 Å². The molecule has 1 amide bonds. The summed E-state index contributed by atoms with van der Waals surface area (Å²) in [7, 11) is 0. The molecule has 5 nitrogen and oxygen atoms in total. The summed E-state index contributed by atoms with van der Waals surface area (Å²) in [4.78, 5) is 14.2. The lowest BCUT2D eigenvalue weighted by Gasteiger charge is -1.99. The first-order valence-electron chi connectivity index (χ1n) is 5.26. The van der Waals surface area contributed by atoms with Crippen LogP contribution in [-0.2, 0) is 0 Å². The lowest BCUT2D eigenvalue weighted by Crippen LogP contribution is -2.20. The Labute approximate surface area is 104 Å². The molecule has 0 aliphatic rings. The quantitative estimate of drug-likeness (QED) is 0.659. The molecule has 1 aromatic heterocycles. The molecule has 0 atom stereocenters. The van der Waals surface area contributed by atoms with Gasteiger partial charge in [-0.25, -0.2) is 9.78 Å². The van der Waals surface area contributed by atoms with Gasteiger partial charge in [-0.05, 0) is 23.6 Å². The van der Waals surface area contributed by atoms with Crippen LogP contribution in [0.2, 0.25) is 0 Å². The second-order valence-electron chi connectivity index (χ2n) is 3.63. The molecule has 0 radical (unpaired) electrons. The van der Waals surface area contributed by atoms with Crippen molar-refractivity contribution in [2.75, 3.05) is 12.3 Å². The summed E-state index contributed by atoms with van der Waals surface area (Å²) >= 11 is 0. The summed E-state index contributed by atoms with van der Waals surface area (Å²) in [6.45, 7) is 0.103. The van der Waals surface area contributed by atoms with Crippen LogP contribution >= 0.6 is 0 Å². The second kappa shape index (κ2) is 5.06. The lowest BCUT2D eigenvalue weighted by atomic mass is 10.1. The van der Waals surface area contributed by atoms with Gasteiger partial charge >= 0.3 is 6.09 Å². The van der Waals surface area contributed by atoms with Crippen molar-refractivity contribution >= 4 is 22.7 Å². The van der Waals surface area contributed by atoms with E-state index in [2.05, 4.69) is 22.1 Å². The molecular formula is C13H11N3O2. The molecule has 2 aromatic rings. The number of fused-ring (bicyclic) bond motifs is 1. The molecule has 1 heterocycles. The van der Waals surface area contributed by atoms with Gasteiger partial charge in [0.1, 0.15) is 5.82 Å². The highest BCUT2D eigenvalue weighted by atomic mass is 16.4. The Kier molecular flexibility index (Phi) is 3.30. The molecule has 0 saturated heterocycles. The smallest absolute Gasteiger partial charge is 0.405 e. The van der Waals surface area contributed by atoms with Gasteiger partial charge in [-0.3, -0.25) is 0 Å². The molecular weight excluding hydrogens is 230 g/mol. The third-order valence-electron chi connectivity index (χ3n) is 2.30. The van der Waals surface area contributed by atoms with Crippen molar-refractivity contribution in [1.29, 1.82) is 0 Å². The van der Waals surface area contributed by atoms with Gasteiger partial charge in [-0.15, -0.1) is 0 Å². The maximum atomic E-state index is 10.2. The van der Waals surface area contributed by atoms with Gasteiger partial charge < -0.3 is 16.2 Å². The predicted molar refractivity (Wildman–Crippen MR) is 69.1 cm³/mol. The maximum Gasteiger partial charge on any atom is 0.405 e. The topological polar surface area (TPSA) is 88.2 Å². The Morgan fingerprint density at radius 2 is 2.22 bits per heavy atom. The summed E-state index contributed by atoms with van der Waals surface area (Å²) in [6, 6.07) is 7.42. The molecule has 0 aliphatic carbocycles. The molecule has 0 bridgehead atoms. The lowest BCUT2D eigenvalue weighted by molar-refractivity contribution is 0.196. The van der Waals surface area contributed by atoms with Crippen LogP contribution in [0.4, 0.5) is 10.6 Å². The van der Waals surface area contributed by atoms with Crippen LogP contribution in [0.1, 0.15) is 5.56 Å². The third kappa shape index (κ3) is 2.89. The average molecular weight is 241 g/mol. The number of pyridine rings is 1. The van der Waals surface area contributed by atoms with E-state index in [1.165, 1.54) is 0 Å². The van der Waals surface area contributed by atoms with Crippen molar-refractivity contribution in [2.24, 2.45) is 0 Å². The number of rotatable bonds is 1. The third-order valence-corrected chi connectivity index (χ3v) is 2.30. The van der Waals surface area contributed by atoms with E-state index in [-0.39, 0.29) is 6.54 Å². The van der Waals surface area contributed by atoms with Gasteiger partial charge in [0.25, 0.3) is 0 Å². The van der Waals surface area contributed by atoms with Gasteiger partial charge in [0.05, 0.1) is 6.54 Å². The van der Waals surface area contributed by atoms with E-state index in [0.717, 1.165) is 16.3 Å². The summed E-state index contributed by atoms with van der Waals surface area (Å²) in [6.07, 6.45) is 0.620. The maximum absolute atomic E-state index is 10.2. The van der Waals surface area contributed by atoms with Crippen LogP contribution in [0.3, 0.4) is 0 Å². The van der Waals surface area contributed by atoms with E-state index in [1.807, 2.05) is 18.2 Å². The number of hydrogen-bond acceptors (Lipinski definition) is 3. The Morgan fingerprint density at radius 1 is 1.39 bits per heavy atom. The van der Waals surface area contributed by atoms with Crippen LogP contribution in [0.5, 0.6) is 0 Å². The largest absolute Gasteiger partial charge is 0.465 e. The predicted octanol–water partition coefficient (Wildman–Crippen LogP) is 1.44. The molecule has 0 unspecified atom stereocenters. The first-order chi connectivity index (χ1) is 8.65. The highest BCUT2D eigenvalue weighted by Gasteiger charge is 1.96. The Bertz CT molecular complexity index is 656. The molecule has 0 fully saturated rings. The van der Waals surface area contributed by atoms with E-state index < -0.39 is 6.09 Å². The fourth-order valence-corrected chi connectivity index (χ4v) is 1.50. The minimum absolute atomic E-state index is 0.103. The zero-order chi connectivity index (χ0) is 13.0. The SMILES string of the molecule is Nc1cc2cc(C#CCNC(=O)O)ccc2cn1. The fraction of sp³-hybridized carbons (Fsp3) is 0.0769. The van der Waals surface area contributed by atoms with Crippen LogP contribution in [0, 0.1) is 11.8 Å². The van der Waals surface area contributed by atoms with Crippen molar-refractivity contribution in [1.82, 2.24) is 10.3 Å². The molecule has 18 heavy (non-hydrogen) atoms. The minimum atomic E-state index is -1.08. The normalized spacial score (nSPS) is 9.56. The van der Waals surface area contributed by atoms with Gasteiger partial charge in [0.15, 0.2) is 0 Å². The van der Waals surface area contributed by atoms with E-state index >= 15 is 0 Å². The molecule has 0 spiro atoms. The van der Waals surface area contributed by atoms with Crippen molar-refractivity contribution in [3.63, 3.8) is 0 Å². The fourth-order valence-electron chi connectivity index (χ4n) is 1.50. The van der Waals surface area contributed by atoms with Crippen LogP contribution in [0.25, 0.3) is 10.8 Å². The molecule has 90 valence electrons. The zero-order valence-electron chi connectivity index (χ0n) is 9.47. The zero-order valence-corrected chi connectivity index (χ0v) is 9.47. The number of hydrogen-bond donors (Lipinski definition) is 3. The summed E-state index contributed by atoms with van der Waals surface area (Å²) in [5.41, 5.74) is 6.41. The Hall–Kier alpha value is -2.74. The first-order valence-corrected chi connectivity index (χ1v) is 5.26. The monoisotopic (exact) mass is 241 g/mol. The van der Waals surface area contributed by atoms with Crippen LogP contribution in [0.15, 0.2) is 30.5 Å². The van der Waals surface area contributed by atoms with Gasteiger partial charge in [-0.2, -0.15) is 0 Å². The Balaban J connectivity index is 2.21. The number of nitrogen functional groups attached to an aromatic ring is 1.